The van der Waals surface area contributed by atoms with Gasteiger partial charge < -0.3 is 19.9 Å². The highest BCUT2D eigenvalue weighted by molar-refractivity contribution is 5.94. The molecule has 0 atom stereocenters. The van der Waals surface area contributed by atoms with Crippen molar-refractivity contribution in [2.24, 2.45) is 0 Å². The first kappa shape index (κ1) is 19.9. The third-order valence-corrected chi connectivity index (χ3v) is 5.18. The van der Waals surface area contributed by atoms with Gasteiger partial charge in [-0.15, -0.1) is 0 Å². The van der Waals surface area contributed by atoms with E-state index in [0.717, 1.165) is 36.5 Å². The Hall–Kier alpha value is -2.86. The molecule has 6 heteroatoms. The minimum absolute atomic E-state index is 0.0193. The predicted octanol–water partition coefficient (Wildman–Crippen LogP) is 1.24. The number of para-hydroxylation sites is 1. The van der Waals surface area contributed by atoms with E-state index in [9.17, 15) is 9.59 Å². The number of benzene rings is 2. The summed E-state index contributed by atoms with van der Waals surface area (Å²) in [5.74, 6) is 0.787. The molecule has 148 valence electrons. The van der Waals surface area contributed by atoms with Crippen LogP contribution in [0, 0.1) is 0 Å². The number of nitrogens with zero attached hydrogens (tertiary/aromatic N) is 1. The fourth-order valence-corrected chi connectivity index (χ4v) is 3.49. The molecule has 0 aliphatic carbocycles. The topological polar surface area (TPSA) is 63.1 Å². The Morgan fingerprint density at radius 3 is 2.39 bits per heavy atom. The number of methoxy groups -OCH3 is 1. The second-order valence-corrected chi connectivity index (χ2v) is 7.01. The van der Waals surface area contributed by atoms with Crippen molar-refractivity contribution < 1.29 is 19.2 Å². The Kier molecular flexibility index (Phi) is 6.66. The van der Waals surface area contributed by atoms with Crippen molar-refractivity contribution >= 4 is 17.5 Å². The van der Waals surface area contributed by atoms with E-state index in [0.29, 0.717) is 25.2 Å². The van der Waals surface area contributed by atoms with Crippen LogP contribution in [0.4, 0.5) is 5.69 Å². The Bertz CT molecular complexity index is 812. The fraction of sp³-hybridized carbons (Fsp3) is 0.364. The van der Waals surface area contributed by atoms with E-state index < -0.39 is 0 Å². The lowest BCUT2D eigenvalue weighted by molar-refractivity contribution is -0.895. The van der Waals surface area contributed by atoms with Crippen molar-refractivity contribution in [1.82, 2.24) is 4.90 Å². The summed E-state index contributed by atoms with van der Waals surface area (Å²) in [4.78, 5) is 28.1. The summed E-state index contributed by atoms with van der Waals surface area (Å²) in [5.41, 5.74) is 2.70. The van der Waals surface area contributed by atoms with Crippen LogP contribution in [0.15, 0.2) is 48.5 Å². The second kappa shape index (κ2) is 9.37. The molecule has 0 radical (unpaired) electrons. The predicted molar refractivity (Wildman–Crippen MR) is 109 cm³/mol. The molecule has 0 saturated carbocycles. The zero-order chi connectivity index (χ0) is 19.9. The van der Waals surface area contributed by atoms with Crippen molar-refractivity contribution in [1.29, 1.82) is 0 Å². The summed E-state index contributed by atoms with van der Waals surface area (Å²) in [5, 5.41) is 3.03. The van der Waals surface area contributed by atoms with E-state index in [1.54, 1.807) is 31.4 Å². The Labute approximate surface area is 166 Å². The van der Waals surface area contributed by atoms with Crippen LogP contribution in [0.3, 0.4) is 0 Å². The molecule has 0 spiro atoms. The SMILES string of the molecule is CCc1ccccc1NC(=O)C[NH+]1CCN(C(=O)c2ccc(OC)cc2)CC1. The normalized spacial score (nSPS) is 14.6. The maximum absolute atomic E-state index is 12.6. The molecular weight excluding hydrogens is 354 g/mol. The molecule has 1 saturated heterocycles. The third kappa shape index (κ3) is 4.89. The minimum Gasteiger partial charge on any atom is -0.497 e. The van der Waals surface area contributed by atoms with Crippen LogP contribution >= 0.6 is 0 Å². The minimum atomic E-state index is 0.0193. The van der Waals surface area contributed by atoms with Gasteiger partial charge in [-0.1, -0.05) is 25.1 Å². The number of ether oxygens (including phenoxy) is 1. The van der Waals surface area contributed by atoms with E-state index in [-0.39, 0.29) is 11.8 Å². The summed E-state index contributed by atoms with van der Waals surface area (Å²) in [6, 6.07) is 15.1. The molecule has 2 amide bonds. The standard InChI is InChI=1S/C22H27N3O3/c1-3-17-6-4-5-7-20(17)23-21(26)16-24-12-14-25(15-13-24)22(27)18-8-10-19(28-2)11-9-18/h4-11H,3,12-16H2,1-2H3,(H,23,26)/p+1. The zero-order valence-corrected chi connectivity index (χ0v) is 16.5. The van der Waals surface area contributed by atoms with Crippen LogP contribution in [0.2, 0.25) is 0 Å². The van der Waals surface area contributed by atoms with Gasteiger partial charge in [0, 0.05) is 11.3 Å². The van der Waals surface area contributed by atoms with Gasteiger partial charge in [-0.3, -0.25) is 9.59 Å². The van der Waals surface area contributed by atoms with Gasteiger partial charge in [0.05, 0.1) is 33.3 Å². The highest BCUT2D eigenvalue weighted by Gasteiger charge is 2.26. The molecule has 1 heterocycles. The first-order valence-electron chi connectivity index (χ1n) is 9.75. The molecule has 6 nitrogen and oxygen atoms in total. The van der Waals surface area contributed by atoms with Crippen LogP contribution in [0.5, 0.6) is 5.75 Å². The molecule has 1 aliphatic rings. The number of quaternary nitrogens is 1. The molecule has 2 aromatic rings. The Morgan fingerprint density at radius 2 is 1.75 bits per heavy atom. The van der Waals surface area contributed by atoms with Gasteiger partial charge in [-0.05, 0) is 42.3 Å². The van der Waals surface area contributed by atoms with Crippen LogP contribution in [0.1, 0.15) is 22.8 Å². The maximum Gasteiger partial charge on any atom is 0.279 e. The van der Waals surface area contributed by atoms with Gasteiger partial charge in [0.15, 0.2) is 6.54 Å². The summed E-state index contributed by atoms with van der Waals surface area (Å²) < 4.78 is 5.14. The van der Waals surface area contributed by atoms with Crippen molar-refractivity contribution in [3.05, 3.63) is 59.7 Å². The first-order chi connectivity index (χ1) is 13.6. The quantitative estimate of drug-likeness (QED) is 0.790. The lowest BCUT2D eigenvalue weighted by Gasteiger charge is -2.32. The van der Waals surface area contributed by atoms with Gasteiger partial charge >= 0.3 is 0 Å². The van der Waals surface area contributed by atoms with E-state index in [2.05, 4.69) is 12.2 Å². The number of carbonyl (C=O) groups excluding carboxylic acids is 2. The average Bonchev–Trinajstić information content (AvgIpc) is 2.74. The number of aryl methyl sites for hydroxylation is 1. The summed E-state index contributed by atoms with van der Waals surface area (Å²) in [6.45, 7) is 5.34. The van der Waals surface area contributed by atoms with Crippen molar-refractivity contribution in [3.63, 3.8) is 0 Å². The highest BCUT2D eigenvalue weighted by atomic mass is 16.5. The number of anilines is 1. The number of hydrogen-bond donors (Lipinski definition) is 2. The molecule has 2 N–H and O–H groups in total. The lowest BCUT2D eigenvalue weighted by Crippen LogP contribution is -3.15. The van der Waals surface area contributed by atoms with Gasteiger partial charge in [-0.25, -0.2) is 0 Å². The fourth-order valence-electron chi connectivity index (χ4n) is 3.49. The van der Waals surface area contributed by atoms with Crippen molar-refractivity contribution in [3.8, 4) is 5.75 Å². The molecule has 0 bridgehead atoms. The van der Waals surface area contributed by atoms with E-state index in [1.165, 1.54) is 4.90 Å². The van der Waals surface area contributed by atoms with Gasteiger partial charge in [-0.2, -0.15) is 0 Å². The van der Waals surface area contributed by atoms with Crippen LogP contribution in [0.25, 0.3) is 0 Å². The van der Waals surface area contributed by atoms with E-state index in [1.807, 2.05) is 29.2 Å². The highest BCUT2D eigenvalue weighted by Crippen LogP contribution is 2.15. The third-order valence-electron chi connectivity index (χ3n) is 5.18. The van der Waals surface area contributed by atoms with Crippen LogP contribution in [-0.2, 0) is 11.2 Å². The van der Waals surface area contributed by atoms with Crippen LogP contribution in [-0.4, -0.2) is 56.5 Å². The largest absolute Gasteiger partial charge is 0.497 e. The number of carbonyl (C=O) groups is 2. The number of rotatable bonds is 6. The average molecular weight is 382 g/mol. The van der Waals surface area contributed by atoms with Crippen molar-refractivity contribution in [2.75, 3.05) is 45.2 Å². The lowest BCUT2D eigenvalue weighted by atomic mass is 10.1. The monoisotopic (exact) mass is 382 g/mol. The zero-order valence-electron chi connectivity index (χ0n) is 16.5. The molecule has 0 unspecified atom stereocenters. The number of hydrogen-bond acceptors (Lipinski definition) is 3. The van der Waals surface area contributed by atoms with Gasteiger partial charge in [0.25, 0.3) is 11.8 Å². The second-order valence-electron chi connectivity index (χ2n) is 7.01. The van der Waals surface area contributed by atoms with Gasteiger partial charge in [0.2, 0.25) is 0 Å². The molecule has 1 fully saturated rings. The first-order valence-corrected chi connectivity index (χ1v) is 9.75. The Balaban J connectivity index is 1.49. The molecule has 0 aromatic heterocycles. The summed E-state index contributed by atoms with van der Waals surface area (Å²) >= 11 is 0. The van der Waals surface area contributed by atoms with E-state index in [4.69, 9.17) is 4.74 Å². The molecule has 28 heavy (non-hydrogen) atoms. The van der Waals surface area contributed by atoms with Gasteiger partial charge in [0.1, 0.15) is 5.75 Å². The number of nitrogens with one attached hydrogen (secondary N) is 2. The molecule has 1 aliphatic heterocycles. The summed E-state index contributed by atoms with van der Waals surface area (Å²) in [6.07, 6.45) is 0.884. The Morgan fingerprint density at radius 1 is 1.07 bits per heavy atom. The molecular formula is C22H28N3O3+. The van der Waals surface area contributed by atoms with Crippen LogP contribution < -0.4 is 15.0 Å². The van der Waals surface area contributed by atoms with E-state index >= 15 is 0 Å². The number of amides is 2. The summed E-state index contributed by atoms with van der Waals surface area (Å²) in [7, 11) is 1.61. The maximum atomic E-state index is 12.6. The molecule has 3 rings (SSSR count). The number of piperazine rings is 1. The smallest absolute Gasteiger partial charge is 0.279 e. The molecule has 2 aromatic carbocycles. The van der Waals surface area contributed by atoms with Crippen molar-refractivity contribution in [2.45, 2.75) is 13.3 Å².